The highest BCUT2D eigenvalue weighted by Crippen LogP contribution is 2.34. The Kier molecular flexibility index (Phi) is 4.71. The van der Waals surface area contributed by atoms with Gasteiger partial charge < -0.3 is 14.6 Å². The zero-order valence-electron chi connectivity index (χ0n) is 11.9. The summed E-state index contributed by atoms with van der Waals surface area (Å²) >= 11 is 0.690. The summed E-state index contributed by atoms with van der Waals surface area (Å²) < 4.78 is 10.3. The maximum atomic E-state index is 12.1. The van der Waals surface area contributed by atoms with E-state index in [4.69, 9.17) is 14.6 Å². The smallest absolute Gasteiger partial charge is 0.323 e. The molecule has 116 valence electrons. The van der Waals surface area contributed by atoms with Crippen LogP contribution < -0.4 is 9.47 Å². The fourth-order valence-electron chi connectivity index (χ4n) is 1.86. The number of carbonyl (C=O) groups is 3. The molecule has 22 heavy (non-hydrogen) atoms. The highest BCUT2D eigenvalue weighted by molar-refractivity contribution is 8.18. The lowest BCUT2D eigenvalue weighted by Gasteiger charge is -2.09. The number of nitrogens with zero attached hydrogens (tertiary/aromatic N) is 1. The van der Waals surface area contributed by atoms with Crippen LogP contribution in [0.3, 0.4) is 0 Å². The lowest BCUT2D eigenvalue weighted by molar-refractivity contribution is -0.140. The number of hydrogen-bond acceptors (Lipinski definition) is 6. The summed E-state index contributed by atoms with van der Waals surface area (Å²) in [6.45, 7) is -0.656. The first-order valence-electron chi connectivity index (χ1n) is 6.15. The number of benzene rings is 1. The van der Waals surface area contributed by atoms with Crippen LogP contribution in [0.1, 0.15) is 5.56 Å². The van der Waals surface area contributed by atoms with E-state index in [0.717, 1.165) is 0 Å². The molecule has 1 saturated heterocycles. The van der Waals surface area contributed by atoms with E-state index in [1.54, 1.807) is 18.2 Å². The van der Waals surface area contributed by atoms with Crippen molar-refractivity contribution in [1.29, 1.82) is 0 Å². The molecule has 1 aromatic rings. The number of hydrogen-bond donors (Lipinski definition) is 1. The van der Waals surface area contributed by atoms with Gasteiger partial charge >= 0.3 is 5.97 Å². The molecule has 1 fully saturated rings. The van der Waals surface area contributed by atoms with Gasteiger partial charge in [0.1, 0.15) is 18.0 Å². The van der Waals surface area contributed by atoms with Crippen LogP contribution in [0.25, 0.3) is 6.08 Å². The molecule has 0 aliphatic carbocycles. The largest absolute Gasteiger partial charge is 0.497 e. The van der Waals surface area contributed by atoms with Crippen molar-refractivity contribution in [3.63, 3.8) is 0 Å². The van der Waals surface area contributed by atoms with Crippen molar-refractivity contribution in [3.8, 4) is 11.5 Å². The third-order valence-electron chi connectivity index (χ3n) is 2.89. The number of carboxylic acid groups (broad SMARTS) is 1. The highest BCUT2D eigenvalue weighted by Gasteiger charge is 2.36. The fourth-order valence-corrected chi connectivity index (χ4v) is 2.69. The number of methoxy groups -OCH3 is 2. The fraction of sp³-hybridized carbons (Fsp3) is 0.214. The van der Waals surface area contributed by atoms with Crippen LogP contribution in [0.4, 0.5) is 4.79 Å². The van der Waals surface area contributed by atoms with Crippen molar-refractivity contribution >= 4 is 35.0 Å². The molecule has 0 bridgehead atoms. The summed E-state index contributed by atoms with van der Waals surface area (Å²) in [7, 11) is 2.99. The molecule has 1 aliphatic rings. The lowest BCUT2D eigenvalue weighted by atomic mass is 10.1. The van der Waals surface area contributed by atoms with E-state index >= 15 is 0 Å². The molecular weight excluding hydrogens is 310 g/mol. The standard InChI is InChI=1S/C14H13NO6S/c1-20-9-3-4-10(21-2)8(5-9)6-11-13(18)15(7-12(16)17)14(19)22-11/h3-6H,7H2,1-2H3,(H,16,17)/b11-6-. The maximum absolute atomic E-state index is 12.1. The van der Waals surface area contributed by atoms with Crippen LogP contribution in [0.15, 0.2) is 23.1 Å². The van der Waals surface area contributed by atoms with Crippen LogP contribution in [-0.4, -0.2) is 47.9 Å². The van der Waals surface area contributed by atoms with Gasteiger partial charge in [-0.2, -0.15) is 0 Å². The van der Waals surface area contributed by atoms with Crippen molar-refractivity contribution in [2.24, 2.45) is 0 Å². The van der Waals surface area contributed by atoms with Crippen molar-refractivity contribution in [1.82, 2.24) is 4.90 Å². The number of ether oxygens (including phenoxy) is 2. The molecule has 8 heteroatoms. The molecule has 0 saturated carbocycles. The van der Waals surface area contributed by atoms with Gasteiger partial charge in [-0.15, -0.1) is 0 Å². The molecule has 1 aliphatic heterocycles. The average Bonchev–Trinajstić information content (AvgIpc) is 2.74. The van der Waals surface area contributed by atoms with Crippen molar-refractivity contribution in [3.05, 3.63) is 28.7 Å². The quantitative estimate of drug-likeness (QED) is 0.826. The van der Waals surface area contributed by atoms with Crippen LogP contribution >= 0.6 is 11.8 Å². The van der Waals surface area contributed by atoms with E-state index in [-0.39, 0.29) is 4.91 Å². The summed E-state index contributed by atoms with van der Waals surface area (Å²) in [6, 6.07) is 5.03. The van der Waals surface area contributed by atoms with E-state index in [0.29, 0.717) is 33.7 Å². The van der Waals surface area contributed by atoms with Gasteiger partial charge in [0.15, 0.2) is 0 Å². The van der Waals surface area contributed by atoms with E-state index in [1.165, 1.54) is 20.3 Å². The minimum Gasteiger partial charge on any atom is -0.497 e. The summed E-state index contributed by atoms with van der Waals surface area (Å²) in [5.74, 6) is -0.813. The number of carbonyl (C=O) groups excluding carboxylic acids is 2. The van der Waals surface area contributed by atoms with Crippen LogP contribution in [0, 0.1) is 0 Å². The van der Waals surface area contributed by atoms with Gasteiger partial charge in [0, 0.05) is 5.56 Å². The second-order valence-electron chi connectivity index (χ2n) is 4.27. The van der Waals surface area contributed by atoms with Crippen molar-refractivity contribution in [2.75, 3.05) is 20.8 Å². The molecule has 2 amide bonds. The molecule has 0 unspecified atom stereocenters. The zero-order chi connectivity index (χ0) is 16.3. The zero-order valence-corrected chi connectivity index (χ0v) is 12.7. The van der Waals surface area contributed by atoms with Crippen LogP contribution in [-0.2, 0) is 9.59 Å². The number of aliphatic carboxylic acids is 1. The Morgan fingerprint density at radius 1 is 1.32 bits per heavy atom. The average molecular weight is 323 g/mol. The van der Waals surface area contributed by atoms with Crippen LogP contribution in [0.5, 0.6) is 11.5 Å². The van der Waals surface area contributed by atoms with E-state index < -0.39 is 23.7 Å². The number of imide groups is 1. The Balaban J connectivity index is 2.36. The molecule has 0 spiro atoms. The summed E-state index contributed by atoms with van der Waals surface area (Å²) in [6.07, 6.45) is 1.48. The first-order valence-corrected chi connectivity index (χ1v) is 6.97. The molecule has 1 aromatic carbocycles. The highest BCUT2D eigenvalue weighted by atomic mass is 32.2. The molecule has 1 heterocycles. The van der Waals surface area contributed by atoms with Gasteiger partial charge in [-0.05, 0) is 36.0 Å². The first-order chi connectivity index (χ1) is 10.5. The molecule has 0 aromatic heterocycles. The summed E-state index contributed by atoms with van der Waals surface area (Å²) in [4.78, 5) is 35.3. The van der Waals surface area contributed by atoms with Gasteiger partial charge in [-0.25, -0.2) is 0 Å². The maximum Gasteiger partial charge on any atom is 0.323 e. The van der Waals surface area contributed by atoms with E-state index in [9.17, 15) is 14.4 Å². The monoisotopic (exact) mass is 323 g/mol. The predicted octanol–water partition coefficient (Wildman–Crippen LogP) is 1.82. The Morgan fingerprint density at radius 2 is 2.05 bits per heavy atom. The first kappa shape index (κ1) is 15.9. The SMILES string of the molecule is COc1ccc(OC)c(/C=C2\SC(=O)N(CC(=O)O)C2=O)c1. The van der Waals surface area contributed by atoms with Crippen LogP contribution in [0.2, 0.25) is 0 Å². The summed E-state index contributed by atoms with van der Waals surface area (Å²) in [5.41, 5.74) is 0.558. The normalized spacial score (nSPS) is 16.3. The molecule has 7 nitrogen and oxygen atoms in total. The van der Waals surface area contributed by atoms with Gasteiger partial charge in [0.2, 0.25) is 0 Å². The van der Waals surface area contributed by atoms with Crippen molar-refractivity contribution in [2.45, 2.75) is 0 Å². The second kappa shape index (κ2) is 6.52. The van der Waals surface area contributed by atoms with Gasteiger partial charge in [0.25, 0.3) is 11.1 Å². The third kappa shape index (κ3) is 3.22. The Labute approximate surface area is 130 Å². The van der Waals surface area contributed by atoms with Gasteiger partial charge in [0.05, 0.1) is 19.1 Å². The minimum absolute atomic E-state index is 0.137. The van der Waals surface area contributed by atoms with E-state index in [2.05, 4.69) is 0 Å². The van der Waals surface area contributed by atoms with Crippen molar-refractivity contribution < 1.29 is 29.0 Å². The molecule has 0 atom stereocenters. The number of thioether (sulfide) groups is 1. The third-order valence-corrected chi connectivity index (χ3v) is 3.80. The van der Waals surface area contributed by atoms with Gasteiger partial charge in [-0.3, -0.25) is 19.3 Å². The number of rotatable bonds is 5. The molecule has 1 N–H and O–H groups in total. The number of carboxylic acids is 1. The lowest BCUT2D eigenvalue weighted by Crippen LogP contribution is -2.33. The van der Waals surface area contributed by atoms with E-state index in [1.807, 2.05) is 0 Å². The minimum atomic E-state index is -1.25. The van der Waals surface area contributed by atoms with Gasteiger partial charge in [-0.1, -0.05) is 0 Å². The Morgan fingerprint density at radius 3 is 2.64 bits per heavy atom. The predicted molar refractivity (Wildman–Crippen MR) is 79.9 cm³/mol. The topological polar surface area (TPSA) is 93.1 Å². The Hall–Kier alpha value is -2.48. The Bertz CT molecular complexity index is 669. The molecular formula is C14H13NO6S. The number of amides is 2. The molecule has 0 radical (unpaired) electrons. The summed E-state index contributed by atoms with van der Waals surface area (Å²) in [5, 5.41) is 8.11. The molecule has 2 rings (SSSR count). The second-order valence-corrected chi connectivity index (χ2v) is 5.26.